The Morgan fingerprint density at radius 3 is 3.00 bits per heavy atom. The van der Waals surface area contributed by atoms with Crippen LogP contribution in [-0.4, -0.2) is 38.9 Å². The largest absolute Gasteiger partial charge is 0.466 e. The first-order chi connectivity index (χ1) is 6.28. The third-order valence-electron chi connectivity index (χ3n) is 2.91. The molecule has 13 heavy (non-hydrogen) atoms. The quantitative estimate of drug-likeness (QED) is 0.604. The third kappa shape index (κ3) is 1.34. The smallest absolute Gasteiger partial charge is 0.311 e. The molecule has 2 fully saturated rings. The van der Waals surface area contributed by atoms with Gasteiger partial charge in [0, 0.05) is 18.5 Å². The standard InChI is InChI=1S/C9H15NO3/c1-2-13-8(11)7-3-10-4-9(7)5-12-6-9/h7,10H,2-6H2,1H3/t7-/m0/s1. The molecule has 0 aromatic rings. The van der Waals surface area contributed by atoms with E-state index in [1.807, 2.05) is 6.92 Å². The van der Waals surface area contributed by atoms with Crippen LogP contribution in [0, 0.1) is 11.3 Å². The van der Waals surface area contributed by atoms with E-state index in [1.54, 1.807) is 0 Å². The Hall–Kier alpha value is -0.610. The van der Waals surface area contributed by atoms with Gasteiger partial charge in [-0.05, 0) is 6.92 Å². The molecule has 74 valence electrons. The normalized spacial score (nSPS) is 30.1. The van der Waals surface area contributed by atoms with E-state index in [0.717, 1.165) is 13.1 Å². The molecule has 2 saturated heterocycles. The van der Waals surface area contributed by atoms with E-state index < -0.39 is 0 Å². The molecule has 0 aromatic carbocycles. The van der Waals surface area contributed by atoms with Crippen LogP contribution in [-0.2, 0) is 14.3 Å². The summed E-state index contributed by atoms with van der Waals surface area (Å²) in [6.07, 6.45) is 0. The maximum absolute atomic E-state index is 11.5. The van der Waals surface area contributed by atoms with Gasteiger partial charge in [0.2, 0.25) is 0 Å². The highest BCUT2D eigenvalue weighted by Gasteiger charge is 2.52. The molecule has 0 unspecified atom stereocenters. The first-order valence-corrected chi connectivity index (χ1v) is 4.73. The van der Waals surface area contributed by atoms with Crippen molar-refractivity contribution in [1.82, 2.24) is 5.32 Å². The Labute approximate surface area is 77.6 Å². The van der Waals surface area contributed by atoms with Crippen LogP contribution in [0.15, 0.2) is 0 Å². The number of nitrogens with one attached hydrogen (secondary N) is 1. The maximum atomic E-state index is 11.5. The summed E-state index contributed by atoms with van der Waals surface area (Å²) in [5, 5.41) is 3.22. The van der Waals surface area contributed by atoms with Crippen molar-refractivity contribution in [2.24, 2.45) is 11.3 Å². The van der Waals surface area contributed by atoms with Gasteiger partial charge in [0.1, 0.15) is 0 Å². The summed E-state index contributed by atoms with van der Waals surface area (Å²) in [5.74, 6) is -0.0722. The number of esters is 1. The lowest BCUT2D eigenvalue weighted by Crippen LogP contribution is -2.51. The molecule has 2 rings (SSSR count). The van der Waals surface area contributed by atoms with E-state index in [4.69, 9.17) is 9.47 Å². The maximum Gasteiger partial charge on any atom is 0.311 e. The van der Waals surface area contributed by atoms with E-state index in [9.17, 15) is 4.79 Å². The SMILES string of the molecule is CCOC(=O)[C@@H]1CNCC12COC2. The Kier molecular flexibility index (Phi) is 2.26. The van der Waals surface area contributed by atoms with Gasteiger partial charge >= 0.3 is 5.97 Å². The van der Waals surface area contributed by atoms with E-state index >= 15 is 0 Å². The Morgan fingerprint density at radius 1 is 1.69 bits per heavy atom. The lowest BCUT2D eigenvalue weighted by atomic mass is 9.76. The Bertz CT molecular complexity index is 213. The Balaban J connectivity index is 2.01. The van der Waals surface area contributed by atoms with Crippen molar-refractivity contribution >= 4 is 5.97 Å². The van der Waals surface area contributed by atoms with Crippen molar-refractivity contribution in [2.45, 2.75) is 6.92 Å². The number of carbonyl (C=O) groups is 1. The highest BCUT2D eigenvalue weighted by molar-refractivity contribution is 5.74. The Morgan fingerprint density at radius 2 is 2.46 bits per heavy atom. The van der Waals surface area contributed by atoms with Gasteiger partial charge in [-0.1, -0.05) is 0 Å². The zero-order valence-corrected chi connectivity index (χ0v) is 7.84. The van der Waals surface area contributed by atoms with E-state index in [1.165, 1.54) is 0 Å². The van der Waals surface area contributed by atoms with Gasteiger partial charge in [0.25, 0.3) is 0 Å². The molecule has 0 amide bonds. The van der Waals surface area contributed by atoms with E-state index in [2.05, 4.69) is 5.32 Å². The topological polar surface area (TPSA) is 47.6 Å². The average molecular weight is 185 g/mol. The summed E-state index contributed by atoms with van der Waals surface area (Å²) in [4.78, 5) is 11.5. The fourth-order valence-electron chi connectivity index (χ4n) is 2.05. The van der Waals surface area contributed by atoms with Crippen LogP contribution in [0.4, 0.5) is 0 Å². The van der Waals surface area contributed by atoms with Crippen LogP contribution in [0.2, 0.25) is 0 Å². The molecule has 0 radical (unpaired) electrons. The minimum Gasteiger partial charge on any atom is -0.466 e. The first kappa shape index (κ1) is 8.97. The fraction of sp³-hybridized carbons (Fsp3) is 0.889. The predicted octanol–water partition coefficient (Wildman–Crippen LogP) is -0.215. The van der Waals surface area contributed by atoms with Gasteiger partial charge in [0.15, 0.2) is 0 Å². The zero-order valence-electron chi connectivity index (χ0n) is 7.84. The minimum absolute atomic E-state index is 0.00111. The molecule has 4 heteroatoms. The second-order valence-corrected chi connectivity index (χ2v) is 3.79. The molecule has 0 saturated carbocycles. The predicted molar refractivity (Wildman–Crippen MR) is 46.2 cm³/mol. The summed E-state index contributed by atoms with van der Waals surface area (Å²) in [5.41, 5.74) is 0.0479. The van der Waals surface area contributed by atoms with Gasteiger partial charge in [-0.25, -0.2) is 0 Å². The number of carbonyl (C=O) groups excluding carboxylic acids is 1. The van der Waals surface area contributed by atoms with E-state index in [-0.39, 0.29) is 17.3 Å². The van der Waals surface area contributed by atoms with Gasteiger partial charge in [0.05, 0.1) is 25.7 Å². The van der Waals surface area contributed by atoms with Crippen molar-refractivity contribution in [2.75, 3.05) is 32.9 Å². The monoisotopic (exact) mass is 185 g/mol. The molecule has 0 aromatic heterocycles. The third-order valence-corrected chi connectivity index (χ3v) is 2.91. The molecule has 1 spiro atoms. The molecule has 0 aliphatic carbocycles. The molecule has 4 nitrogen and oxygen atoms in total. The fourth-order valence-corrected chi connectivity index (χ4v) is 2.05. The molecule has 1 N–H and O–H groups in total. The van der Waals surface area contributed by atoms with Crippen LogP contribution >= 0.6 is 0 Å². The lowest BCUT2D eigenvalue weighted by molar-refractivity contribution is -0.169. The van der Waals surface area contributed by atoms with Gasteiger partial charge in [-0.2, -0.15) is 0 Å². The lowest BCUT2D eigenvalue weighted by Gasteiger charge is -2.40. The van der Waals surface area contributed by atoms with Crippen molar-refractivity contribution in [3.63, 3.8) is 0 Å². The summed E-state index contributed by atoms with van der Waals surface area (Å²) in [6.45, 7) is 5.32. The van der Waals surface area contributed by atoms with Crippen molar-refractivity contribution < 1.29 is 14.3 Å². The molecule has 0 bridgehead atoms. The van der Waals surface area contributed by atoms with Crippen molar-refractivity contribution in [3.8, 4) is 0 Å². The summed E-state index contributed by atoms with van der Waals surface area (Å²) in [6, 6.07) is 0. The van der Waals surface area contributed by atoms with Crippen LogP contribution in [0.5, 0.6) is 0 Å². The summed E-state index contributed by atoms with van der Waals surface area (Å²) < 4.78 is 10.2. The molecular weight excluding hydrogens is 170 g/mol. The highest BCUT2D eigenvalue weighted by Crippen LogP contribution is 2.39. The number of hydrogen-bond donors (Lipinski definition) is 1. The van der Waals surface area contributed by atoms with Gasteiger partial charge in [-0.15, -0.1) is 0 Å². The molecule has 2 aliphatic heterocycles. The molecular formula is C9H15NO3. The van der Waals surface area contributed by atoms with Crippen LogP contribution in [0.25, 0.3) is 0 Å². The van der Waals surface area contributed by atoms with E-state index in [0.29, 0.717) is 19.8 Å². The van der Waals surface area contributed by atoms with Crippen molar-refractivity contribution in [1.29, 1.82) is 0 Å². The zero-order chi connectivity index (χ0) is 9.31. The molecule has 1 atom stereocenters. The van der Waals surface area contributed by atoms with Crippen LogP contribution < -0.4 is 5.32 Å². The summed E-state index contributed by atoms with van der Waals surface area (Å²) >= 11 is 0. The average Bonchev–Trinajstić information content (AvgIpc) is 2.46. The summed E-state index contributed by atoms with van der Waals surface area (Å²) in [7, 11) is 0. The molecule has 2 aliphatic rings. The second-order valence-electron chi connectivity index (χ2n) is 3.79. The number of hydrogen-bond acceptors (Lipinski definition) is 4. The number of ether oxygens (including phenoxy) is 2. The molecule has 2 heterocycles. The first-order valence-electron chi connectivity index (χ1n) is 4.73. The van der Waals surface area contributed by atoms with Gasteiger partial charge in [-0.3, -0.25) is 4.79 Å². The van der Waals surface area contributed by atoms with Crippen LogP contribution in [0.1, 0.15) is 6.92 Å². The second kappa shape index (κ2) is 3.27. The van der Waals surface area contributed by atoms with Gasteiger partial charge < -0.3 is 14.8 Å². The van der Waals surface area contributed by atoms with Crippen molar-refractivity contribution in [3.05, 3.63) is 0 Å². The minimum atomic E-state index is -0.0733. The van der Waals surface area contributed by atoms with Crippen LogP contribution in [0.3, 0.4) is 0 Å². The highest BCUT2D eigenvalue weighted by atomic mass is 16.5. The number of rotatable bonds is 2.